The van der Waals surface area contributed by atoms with Crippen molar-refractivity contribution in [2.45, 2.75) is 13.8 Å². The van der Waals surface area contributed by atoms with E-state index in [-0.39, 0.29) is 0 Å². The third kappa shape index (κ3) is 3.11. The summed E-state index contributed by atoms with van der Waals surface area (Å²) in [5, 5.41) is 12.6. The van der Waals surface area contributed by atoms with Gasteiger partial charge in [-0.25, -0.2) is 4.68 Å². The number of hydrogen-bond acceptors (Lipinski definition) is 4. The molecule has 0 unspecified atom stereocenters. The van der Waals surface area contributed by atoms with E-state index >= 15 is 0 Å². The first-order valence-corrected chi connectivity index (χ1v) is 7.22. The highest BCUT2D eigenvalue weighted by Crippen LogP contribution is 2.21. The second-order valence-corrected chi connectivity index (χ2v) is 5.54. The van der Waals surface area contributed by atoms with Crippen LogP contribution in [0.15, 0.2) is 46.9 Å². The molecule has 0 saturated heterocycles. The Morgan fingerprint density at radius 3 is 2.33 bits per heavy atom. The van der Waals surface area contributed by atoms with Gasteiger partial charge in [0.1, 0.15) is 5.75 Å². The lowest BCUT2D eigenvalue weighted by Gasteiger charge is -2.06. The fourth-order valence-corrected chi connectivity index (χ4v) is 2.23. The minimum absolute atomic E-state index is 0.447. The maximum Gasteiger partial charge on any atom is 0.238 e. The first kappa shape index (κ1) is 13.8. The zero-order chi connectivity index (χ0) is 14.8. The van der Waals surface area contributed by atoms with Gasteiger partial charge in [0, 0.05) is 16.2 Å². The van der Waals surface area contributed by atoms with E-state index in [0.29, 0.717) is 17.4 Å². The molecule has 3 aromatic rings. The van der Waals surface area contributed by atoms with E-state index in [1.54, 1.807) is 10.7 Å². The molecule has 21 heavy (non-hydrogen) atoms. The summed E-state index contributed by atoms with van der Waals surface area (Å²) < 4.78 is 8.39. The second-order valence-electron chi connectivity index (χ2n) is 4.62. The van der Waals surface area contributed by atoms with Gasteiger partial charge in [0.2, 0.25) is 5.88 Å². The molecule has 0 spiro atoms. The first-order valence-electron chi connectivity index (χ1n) is 6.42. The van der Waals surface area contributed by atoms with Crippen LogP contribution in [0.4, 0.5) is 0 Å². The molecule has 1 aromatic carbocycles. The zero-order valence-corrected chi connectivity index (χ0v) is 13.2. The molecular weight excluding hydrogens is 332 g/mol. The van der Waals surface area contributed by atoms with Gasteiger partial charge in [-0.3, -0.25) is 0 Å². The molecule has 0 saturated carbocycles. The molecule has 0 fully saturated rings. The van der Waals surface area contributed by atoms with Gasteiger partial charge in [-0.1, -0.05) is 15.9 Å². The predicted octanol–water partition coefficient (Wildman–Crippen LogP) is 3.83. The first-order chi connectivity index (χ1) is 10.1. The number of benzene rings is 1. The lowest BCUT2D eigenvalue weighted by atomic mass is 10.3. The highest BCUT2D eigenvalue weighted by molar-refractivity contribution is 9.10. The molecule has 0 radical (unpaired) electrons. The maximum absolute atomic E-state index is 5.64. The number of aromatic nitrogens is 4. The van der Waals surface area contributed by atoms with E-state index in [2.05, 4.69) is 31.2 Å². The van der Waals surface area contributed by atoms with Crippen LogP contribution in [0, 0.1) is 13.8 Å². The number of halogens is 1. The Kier molecular flexibility index (Phi) is 3.70. The van der Waals surface area contributed by atoms with Gasteiger partial charge >= 0.3 is 0 Å². The monoisotopic (exact) mass is 344 g/mol. The summed E-state index contributed by atoms with van der Waals surface area (Å²) in [5.74, 6) is 1.83. The minimum Gasteiger partial charge on any atom is -0.438 e. The van der Waals surface area contributed by atoms with E-state index in [1.807, 2.05) is 50.2 Å². The molecule has 3 rings (SSSR count). The summed E-state index contributed by atoms with van der Waals surface area (Å²) in [6.07, 6.45) is 0. The van der Waals surface area contributed by atoms with E-state index in [9.17, 15) is 0 Å². The Hall–Kier alpha value is -2.21. The van der Waals surface area contributed by atoms with Gasteiger partial charge in [-0.05, 0) is 50.2 Å². The van der Waals surface area contributed by atoms with Crippen molar-refractivity contribution in [1.29, 1.82) is 0 Å². The van der Waals surface area contributed by atoms with Crippen LogP contribution in [0.2, 0.25) is 0 Å². The number of ether oxygens (including phenoxy) is 1. The lowest BCUT2D eigenvalue weighted by Crippen LogP contribution is -2.03. The second kappa shape index (κ2) is 5.65. The molecule has 0 N–H and O–H groups in total. The SMILES string of the molecule is Cc1cc(C)n(-c2ccc(Oc3ccc(Br)cc3)nn2)n1. The van der Waals surface area contributed by atoms with Crippen LogP contribution in [0.3, 0.4) is 0 Å². The average molecular weight is 345 g/mol. The summed E-state index contributed by atoms with van der Waals surface area (Å²) in [7, 11) is 0. The quantitative estimate of drug-likeness (QED) is 0.724. The Balaban J connectivity index is 1.81. The van der Waals surface area contributed by atoms with Crippen molar-refractivity contribution in [2.75, 3.05) is 0 Å². The lowest BCUT2D eigenvalue weighted by molar-refractivity contribution is 0.454. The Morgan fingerprint density at radius 2 is 1.76 bits per heavy atom. The number of rotatable bonds is 3. The summed E-state index contributed by atoms with van der Waals surface area (Å²) in [5.41, 5.74) is 1.97. The summed E-state index contributed by atoms with van der Waals surface area (Å²) in [4.78, 5) is 0. The molecule has 6 heteroatoms. The van der Waals surface area contributed by atoms with Gasteiger partial charge < -0.3 is 4.74 Å². The van der Waals surface area contributed by atoms with Crippen LogP contribution in [0.1, 0.15) is 11.4 Å². The summed E-state index contributed by atoms with van der Waals surface area (Å²) in [6.45, 7) is 3.93. The highest BCUT2D eigenvalue weighted by Gasteiger charge is 2.06. The fraction of sp³-hybridized carbons (Fsp3) is 0.133. The molecular formula is C15H13BrN4O. The van der Waals surface area contributed by atoms with Gasteiger partial charge in [-0.15, -0.1) is 10.2 Å². The van der Waals surface area contributed by atoms with Crippen molar-refractivity contribution in [3.05, 3.63) is 58.3 Å². The minimum atomic E-state index is 0.447. The van der Waals surface area contributed by atoms with E-state index in [1.165, 1.54) is 0 Å². The van der Waals surface area contributed by atoms with Crippen LogP contribution < -0.4 is 4.74 Å². The van der Waals surface area contributed by atoms with Crippen molar-refractivity contribution in [3.63, 3.8) is 0 Å². The molecule has 106 valence electrons. The maximum atomic E-state index is 5.64. The zero-order valence-electron chi connectivity index (χ0n) is 11.6. The molecule has 2 heterocycles. The van der Waals surface area contributed by atoms with Crippen molar-refractivity contribution in [1.82, 2.24) is 20.0 Å². The van der Waals surface area contributed by atoms with Crippen LogP contribution in [0.25, 0.3) is 5.82 Å². The largest absolute Gasteiger partial charge is 0.438 e. The summed E-state index contributed by atoms with van der Waals surface area (Å²) in [6, 6.07) is 13.1. The fourth-order valence-electron chi connectivity index (χ4n) is 1.96. The van der Waals surface area contributed by atoms with Crippen LogP contribution in [-0.4, -0.2) is 20.0 Å². The third-order valence-corrected chi connectivity index (χ3v) is 3.42. The molecule has 0 atom stereocenters. The number of aryl methyl sites for hydroxylation is 2. The topological polar surface area (TPSA) is 52.8 Å². The van der Waals surface area contributed by atoms with Crippen LogP contribution >= 0.6 is 15.9 Å². The van der Waals surface area contributed by atoms with E-state index in [0.717, 1.165) is 15.9 Å². The Labute approximate surface area is 130 Å². The van der Waals surface area contributed by atoms with Crippen LogP contribution in [0.5, 0.6) is 11.6 Å². The Morgan fingerprint density at radius 1 is 1.00 bits per heavy atom. The van der Waals surface area contributed by atoms with Crippen molar-refractivity contribution in [3.8, 4) is 17.4 Å². The van der Waals surface area contributed by atoms with Crippen molar-refractivity contribution < 1.29 is 4.74 Å². The van der Waals surface area contributed by atoms with Crippen LogP contribution in [-0.2, 0) is 0 Å². The standard InChI is InChI=1S/C15H13BrN4O/c1-10-9-11(2)20(19-10)14-7-8-15(18-17-14)21-13-5-3-12(16)4-6-13/h3-9H,1-2H3. The Bertz CT molecular complexity index is 750. The predicted molar refractivity (Wildman–Crippen MR) is 82.8 cm³/mol. The molecule has 0 aliphatic heterocycles. The number of hydrogen-bond donors (Lipinski definition) is 0. The van der Waals surface area contributed by atoms with Gasteiger partial charge in [0.05, 0.1) is 5.69 Å². The highest BCUT2D eigenvalue weighted by atomic mass is 79.9. The van der Waals surface area contributed by atoms with Gasteiger partial charge in [0.25, 0.3) is 0 Å². The van der Waals surface area contributed by atoms with Crippen molar-refractivity contribution in [2.24, 2.45) is 0 Å². The number of nitrogens with zero attached hydrogens (tertiary/aromatic N) is 4. The molecule has 5 nitrogen and oxygen atoms in total. The van der Waals surface area contributed by atoms with Gasteiger partial charge in [0.15, 0.2) is 5.82 Å². The molecule has 0 aliphatic carbocycles. The third-order valence-electron chi connectivity index (χ3n) is 2.89. The molecule has 0 aliphatic rings. The van der Waals surface area contributed by atoms with E-state index in [4.69, 9.17) is 4.74 Å². The van der Waals surface area contributed by atoms with E-state index < -0.39 is 0 Å². The van der Waals surface area contributed by atoms with Gasteiger partial charge in [-0.2, -0.15) is 5.10 Å². The molecule has 0 amide bonds. The smallest absolute Gasteiger partial charge is 0.238 e. The summed E-state index contributed by atoms with van der Waals surface area (Å²) >= 11 is 3.38. The normalized spacial score (nSPS) is 10.6. The molecule has 0 bridgehead atoms. The molecule has 2 aromatic heterocycles. The van der Waals surface area contributed by atoms with Crippen molar-refractivity contribution >= 4 is 15.9 Å². The average Bonchev–Trinajstić information content (AvgIpc) is 2.81.